The Hall–Kier alpha value is -3.07. The van der Waals surface area contributed by atoms with Gasteiger partial charge in [0.2, 0.25) is 11.8 Å². The van der Waals surface area contributed by atoms with Crippen LogP contribution in [0.3, 0.4) is 0 Å². The van der Waals surface area contributed by atoms with Crippen molar-refractivity contribution in [2.75, 3.05) is 45.2 Å². The molecule has 0 spiro atoms. The first-order valence-electron chi connectivity index (χ1n) is 10.4. The van der Waals surface area contributed by atoms with Crippen LogP contribution in [-0.2, 0) is 22.2 Å². The molecule has 32 heavy (non-hydrogen) atoms. The number of nitrogens with one attached hydrogen (secondary N) is 1. The standard InChI is InChI=1S/C23H26F3N3O3/c1-32-18-6-4-5-17(15-18)9-10-22(31)29-13-11-28(12-14-29)16-21(30)27-20-8-3-2-7-19(20)23(24,25)26/h2-8,15H,9-14,16H2,1H3,(H,27,30). The molecule has 0 bridgehead atoms. The van der Waals surface area contributed by atoms with E-state index in [1.807, 2.05) is 29.2 Å². The van der Waals surface area contributed by atoms with Gasteiger partial charge in [-0.05, 0) is 36.2 Å². The lowest BCUT2D eigenvalue weighted by Gasteiger charge is -2.34. The topological polar surface area (TPSA) is 61.9 Å². The van der Waals surface area contributed by atoms with Crippen LogP contribution >= 0.6 is 0 Å². The van der Waals surface area contributed by atoms with Gasteiger partial charge in [-0.2, -0.15) is 13.2 Å². The molecule has 0 unspecified atom stereocenters. The Kier molecular flexibility index (Phi) is 7.74. The molecule has 1 aliphatic rings. The number of halogens is 3. The zero-order valence-corrected chi connectivity index (χ0v) is 17.8. The van der Waals surface area contributed by atoms with Crippen LogP contribution in [0.5, 0.6) is 5.75 Å². The molecule has 0 saturated carbocycles. The second-order valence-corrected chi connectivity index (χ2v) is 7.60. The van der Waals surface area contributed by atoms with Crippen LogP contribution in [0, 0.1) is 0 Å². The van der Waals surface area contributed by atoms with Gasteiger partial charge in [0.05, 0.1) is 24.9 Å². The van der Waals surface area contributed by atoms with Gasteiger partial charge in [0.1, 0.15) is 5.75 Å². The number of hydrogen-bond acceptors (Lipinski definition) is 4. The predicted octanol–water partition coefficient (Wildman–Crippen LogP) is 3.43. The highest BCUT2D eigenvalue weighted by Gasteiger charge is 2.33. The monoisotopic (exact) mass is 449 g/mol. The lowest BCUT2D eigenvalue weighted by Crippen LogP contribution is -2.50. The number of nitrogens with zero attached hydrogens (tertiary/aromatic N) is 2. The van der Waals surface area contributed by atoms with E-state index in [2.05, 4.69) is 5.32 Å². The minimum atomic E-state index is -4.54. The summed E-state index contributed by atoms with van der Waals surface area (Å²) in [5.74, 6) is 0.273. The molecule has 0 radical (unpaired) electrons. The predicted molar refractivity (Wildman–Crippen MR) is 114 cm³/mol. The minimum Gasteiger partial charge on any atom is -0.497 e. The number of carbonyl (C=O) groups is 2. The summed E-state index contributed by atoms with van der Waals surface area (Å²) in [6.07, 6.45) is -3.56. The number of piperazine rings is 1. The van der Waals surface area contributed by atoms with Crippen molar-refractivity contribution in [3.05, 3.63) is 59.7 Å². The maximum atomic E-state index is 13.1. The van der Waals surface area contributed by atoms with Gasteiger partial charge in [0.15, 0.2) is 0 Å². The van der Waals surface area contributed by atoms with Crippen molar-refractivity contribution in [1.82, 2.24) is 9.80 Å². The van der Waals surface area contributed by atoms with Gasteiger partial charge in [0.25, 0.3) is 0 Å². The van der Waals surface area contributed by atoms with Crippen LogP contribution in [0.25, 0.3) is 0 Å². The van der Waals surface area contributed by atoms with Gasteiger partial charge >= 0.3 is 6.18 Å². The second-order valence-electron chi connectivity index (χ2n) is 7.60. The van der Waals surface area contributed by atoms with Gasteiger partial charge in [-0.3, -0.25) is 14.5 Å². The van der Waals surface area contributed by atoms with Crippen LogP contribution in [0.15, 0.2) is 48.5 Å². The molecule has 2 aromatic rings. The molecule has 2 aromatic carbocycles. The van der Waals surface area contributed by atoms with E-state index in [0.29, 0.717) is 39.0 Å². The Labute approximate surface area is 184 Å². The summed E-state index contributed by atoms with van der Waals surface area (Å²) in [5, 5.41) is 2.35. The van der Waals surface area contributed by atoms with Crippen LogP contribution in [0.1, 0.15) is 17.5 Å². The summed E-state index contributed by atoms with van der Waals surface area (Å²) in [7, 11) is 1.60. The van der Waals surface area contributed by atoms with Crippen molar-refractivity contribution in [2.24, 2.45) is 0 Å². The number of amides is 2. The quantitative estimate of drug-likeness (QED) is 0.704. The van der Waals surface area contributed by atoms with Crippen LogP contribution in [-0.4, -0.2) is 61.4 Å². The zero-order valence-electron chi connectivity index (χ0n) is 17.8. The third-order valence-corrected chi connectivity index (χ3v) is 5.36. The van der Waals surface area contributed by atoms with E-state index in [0.717, 1.165) is 17.4 Å². The number of ether oxygens (including phenoxy) is 1. The van der Waals surface area contributed by atoms with E-state index in [1.165, 1.54) is 18.2 Å². The molecular formula is C23H26F3N3O3. The number of methoxy groups -OCH3 is 1. The lowest BCUT2D eigenvalue weighted by molar-refractivity contribution is -0.137. The van der Waals surface area contributed by atoms with E-state index in [4.69, 9.17) is 4.74 Å². The average molecular weight is 449 g/mol. The minimum absolute atomic E-state index is 0.0297. The molecule has 1 heterocycles. The molecule has 0 atom stereocenters. The van der Waals surface area contributed by atoms with Crippen molar-refractivity contribution in [2.45, 2.75) is 19.0 Å². The Morgan fingerprint density at radius 2 is 1.75 bits per heavy atom. The first-order chi connectivity index (χ1) is 15.3. The largest absolute Gasteiger partial charge is 0.497 e. The molecule has 172 valence electrons. The van der Waals surface area contributed by atoms with Gasteiger partial charge in [0, 0.05) is 32.6 Å². The molecule has 1 aliphatic heterocycles. The fraction of sp³-hybridized carbons (Fsp3) is 0.391. The molecule has 1 fully saturated rings. The summed E-state index contributed by atoms with van der Waals surface area (Å²) >= 11 is 0. The number of rotatable bonds is 7. The first kappa shape index (κ1) is 23.6. The zero-order chi connectivity index (χ0) is 23.1. The fourth-order valence-electron chi connectivity index (χ4n) is 3.62. The highest BCUT2D eigenvalue weighted by Crippen LogP contribution is 2.34. The number of hydrogen-bond donors (Lipinski definition) is 1. The summed E-state index contributed by atoms with van der Waals surface area (Å²) in [6.45, 7) is 1.89. The summed E-state index contributed by atoms with van der Waals surface area (Å²) in [6, 6.07) is 12.5. The molecular weight excluding hydrogens is 423 g/mol. The molecule has 9 heteroatoms. The summed E-state index contributed by atoms with van der Waals surface area (Å²) in [4.78, 5) is 28.4. The molecule has 1 N–H and O–H groups in total. The van der Waals surface area contributed by atoms with Crippen molar-refractivity contribution in [1.29, 1.82) is 0 Å². The number of alkyl halides is 3. The maximum absolute atomic E-state index is 13.1. The van der Waals surface area contributed by atoms with Gasteiger partial charge < -0.3 is 15.0 Å². The summed E-state index contributed by atoms with van der Waals surface area (Å²) in [5.41, 5.74) is -0.108. The smallest absolute Gasteiger partial charge is 0.418 e. The third kappa shape index (κ3) is 6.46. The molecule has 1 saturated heterocycles. The van der Waals surface area contributed by atoms with E-state index in [1.54, 1.807) is 12.0 Å². The number of carbonyl (C=O) groups excluding carboxylic acids is 2. The van der Waals surface area contributed by atoms with Crippen LogP contribution in [0.2, 0.25) is 0 Å². The highest BCUT2D eigenvalue weighted by molar-refractivity contribution is 5.93. The fourth-order valence-corrected chi connectivity index (χ4v) is 3.62. The maximum Gasteiger partial charge on any atom is 0.418 e. The normalized spacial score (nSPS) is 14.8. The van der Waals surface area contributed by atoms with Gasteiger partial charge in [-0.25, -0.2) is 0 Å². The van der Waals surface area contributed by atoms with Crippen molar-refractivity contribution in [3.8, 4) is 5.75 Å². The first-order valence-corrected chi connectivity index (χ1v) is 10.4. The molecule has 2 amide bonds. The van der Waals surface area contributed by atoms with Gasteiger partial charge in [-0.1, -0.05) is 24.3 Å². The lowest BCUT2D eigenvalue weighted by atomic mass is 10.1. The molecule has 0 aromatic heterocycles. The van der Waals surface area contributed by atoms with E-state index >= 15 is 0 Å². The van der Waals surface area contributed by atoms with Crippen molar-refractivity contribution >= 4 is 17.5 Å². The number of benzene rings is 2. The number of para-hydroxylation sites is 1. The third-order valence-electron chi connectivity index (χ3n) is 5.36. The Bertz CT molecular complexity index is 941. The Morgan fingerprint density at radius 1 is 1.03 bits per heavy atom. The van der Waals surface area contributed by atoms with Crippen LogP contribution < -0.4 is 10.1 Å². The Morgan fingerprint density at radius 3 is 2.44 bits per heavy atom. The SMILES string of the molecule is COc1cccc(CCC(=O)N2CCN(CC(=O)Nc3ccccc3C(F)(F)F)CC2)c1. The second kappa shape index (κ2) is 10.5. The van der Waals surface area contributed by atoms with E-state index < -0.39 is 17.6 Å². The molecule has 0 aliphatic carbocycles. The average Bonchev–Trinajstić information content (AvgIpc) is 2.77. The number of aryl methyl sites for hydroxylation is 1. The van der Waals surface area contributed by atoms with E-state index in [-0.39, 0.29) is 18.1 Å². The highest BCUT2D eigenvalue weighted by atomic mass is 19.4. The number of anilines is 1. The van der Waals surface area contributed by atoms with Crippen molar-refractivity contribution in [3.63, 3.8) is 0 Å². The summed E-state index contributed by atoms with van der Waals surface area (Å²) < 4.78 is 44.4. The molecule has 6 nitrogen and oxygen atoms in total. The van der Waals surface area contributed by atoms with Gasteiger partial charge in [-0.15, -0.1) is 0 Å². The van der Waals surface area contributed by atoms with Crippen molar-refractivity contribution < 1.29 is 27.5 Å². The molecule has 3 rings (SSSR count). The Balaban J connectivity index is 1.44. The van der Waals surface area contributed by atoms with E-state index in [9.17, 15) is 22.8 Å². The van der Waals surface area contributed by atoms with Crippen LogP contribution in [0.4, 0.5) is 18.9 Å².